The minimum absolute atomic E-state index is 0.0427. The normalized spacial score (nSPS) is 9.83. The van der Waals surface area contributed by atoms with Gasteiger partial charge >= 0.3 is 0 Å². The van der Waals surface area contributed by atoms with Crippen LogP contribution in [0, 0.1) is 0 Å². The van der Waals surface area contributed by atoms with Crippen LogP contribution in [0.1, 0.15) is 26.3 Å². The van der Waals surface area contributed by atoms with Gasteiger partial charge in [-0.3, -0.25) is 0 Å². The number of aliphatic imine (C=N–C) groups is 1. The Morgan fingerprint density at radius 1 is 1.39 bits per heavy atom. The molecule has 1 aromatic rings. The number of aliphatic hydroxyl groups is 1. The van der Waals surface area contributed by atoms with Crippen LogP contribution in [0.4, 0.5) is 0 Å². The van der Waals surface area contributed by atoms with E-state index in [1.54, 1.807) is 32.9 Å². The number of hydrogen-bond donors (Lipinski definition) is 2. The van der Waals surface area contributed by atoms with Crippen LogP contribution in [0.25, 0.3) is 0 Å². The number of phenolic OH excluding ortho intramolecular Hbond substituents is 1. The lowest BCUT2D eigenvalue weighted by Crippen LogP contribution is -2.10. The third-order valence-corrected chi connectivity index (χ3v) is 1.57. The van der Waals surface area contributed by atoms with E-state index in [1.165, 1.54) is 19.3 Å². The molecule has 0 atom stereocenters. The molecule has 0 spiro atoms. The predicted molar refractivity (Wildman–Crippen MR) is 68.5 cm³/mol. The van der Waals surface area contributed by atoms with Crippen molar-refractivity contribution in [3.8, 4) is 11.5 Å². The summed E-state index contributed by atoms with van der Waals surface area (Å²) in [6.45, 7) is 5.45. The van der Waals surface area contributed by atoms with Gasteiger partial charge in [0.1, 0.15) is 0 Å². The smallest absolute Gasteiger partial charge is 0.235 e. The summed E-state index contributed by atoms with van der Waals surface area (Å²) in [5, 5.41) is 17.8. The molecular weight excluding hydrogens is 234 g/mol. The molecule has 100 valence electrons. The van der Waals surface area contributed by atoms with E-state index in [1.807, 2.05) is 0 Å². The number of carbonyl (C=O) groups excluding carboxylic acids is 1. The van der Waals surface area contributed by atoms with Gasteiger partial charge in [-0.15, -0.1) is 0 Å². The molecule has 0 amide bonds. The molecule has 2 N–H and O–H groups in total. The van der Waals surface area contributed by atoms with Gasteiger partial charge in [0.15, 0.2) is 11.5 Å². The van der Waals surface area contributed by atoms with Crippen LogP contribution in [0.5, 0.6) is 11.5 Å². The Hall–Kier alpha value is -1.84. The second kappa shape index (κ2) is 7.48. The van der Waals surface area contributed by atoms with Crippen LogP contribution >= 0.6 is 0 Å². The monoisotopic (exact) mass is 253 g/mol. The van der Waals surface area contributed by atoms with Gasteiger partial charge in [0.25, 0.3) is 0 Å². The van der Waals surface area contributed by atoms with E-state index in [0.717, 1.165) is 5.56 Å². The molecule has 5 heteroatoms. The molecule has 0 unspecified atom stereocenters. The van der Waals surface area contributed by atoms with Crippen molar-refractivity contribution in [1.29, 1.82) is 0 Å². The number of phenols is 1. The first kappa shape index (κ1) is 16.2. The van der Waals surface area contributed by atoms with Crippen molar-refractivity contribution in [2.45, 2.75) is 32.9 Å². The number of nitrogens with zero attached hydrogens (tertiary/aromatic N) is 1. The highest BCUT2D eigenvalue weighted by Gasteiger charge is 2.01. The predicted octanol–water partition coefficient (Wildman–Crippen LogP) is 2.01. The summed E-state index contributed by atoms with van der Waals surface area (Å²) in [7, 11) is 1.47. The van der Waals surface area contributed by atoms with Gasteiger partial charge < -0.3 is 14.9 Å². The molecule has 5 nitrogen and oxygen atoms in total. The first-order valence-electron chi connectivity index (χ1n) is 5.40. The number of isocyanates is 1. The fourth-order valence-electron chi connectivity index (χ4n) is 0.957. The minimum Gasteiger partial charge on any atom is -0.504 e. The zero-order valence-corrected chi connectivity index (χ0v) is 11.1. The Bertz CT molecular complexity index is 411. The molecular formula is C13H19NO4. The third kappa shape index (κ3) is 8.33. The SMILES string of the molecule is CC(C)(C)O.COc1ccc(CN=C=O)cc1O. The summed E-state index contributed by atoms with van der Waals surface area (Å²) in [6, 6.07) is 4.84. The Morgan fingerprint density at radius 2 is 1.94 bits per heavy atom. The van der Waals surface area contributed by atoms with Crippen LogP contribution in [0.3, 0.4) is 0 Å². The van der Waals surface area contributed by atoms with E-state index in [2.05, 4.69) is 4.99 Å². The average Bonchev–Trinajstić information content (AvgIpc) is 2.24. The van der Waals surface area contributed by atoms with Crippen LogP contribution in [0.15, 0.2) is 23.2 Å². The number of hydrogen-bond acceptors (Lipinski definition) is 5. The van der Waals surface area contributed by atoms with E-state index in [0.29, 0.717) is 5.75 Å². The van der Waals surface area contributed by atoms with Crippen molar-refractivity contribution in [3.05, 3.63) is 23.8 Å². The van der Waals surface area contributed by atoms with Gasteiger partial charge in [-0.05, 0) is 38.5 Å². The second-order valence-electron chi connectivity index (χ2n) is 4.58. The summed E-state index contributed by atoms with van der Waals surface area (Å²) in [4.78, 5) is 13.2. The molecule has 0 aliphatic carbocycles. The molecule has 1 aromatic carbocycles. The van der Waals surface area contributed by atoms with Gasteiger partial charge in [-0.2, -0.15) is 0 Å². The largest absolute Gasteiger partial charge is 0.504 e. The summed E-state index contributed by atoms with van der Waals surface area (Å²) < 4.78 is 4.85. The molecule has 0 saturated heterocycles. The van der Waals surface area contributed by atoms with Crippen molar-refractivity contribution in [2.24, 2.45) is 4.99 Å². The van der Waals surface area contributed by atoms with Crippen molar-refractivity contribution >= 4 is 6.08 Å². The molecule has 0 bridgehead atoms. The fraction of sp³-hybridized carbons (Fsp3) is 0.462. The zero-order chi connectivity index (χ0) is 14.2. The molecule has 0 fully saturated rings. The molecule has 0 heterocycles. The minimum atomic E-state index is -0.500. The molecule has 0 aliphatic heterocycles. The summed E-state index contributed by atoms with van der Waals surface area (Å²) in [6.07, 6.45) is 1.43. The molecule has 0 aliphatic rings. The number of methoxy groups -OCH3 is 1. The lowest BCUT2D eigenvalue weighted by atomic mass is 10.2. The summed E-state index contributed by atoms with van der Waals surface area (Å²) in [5.41, 5.74) is 0.238. The second-order valence-corrected chi connectivity index (χ2v) is 4.58. The van der Waals surface area contributed by atoms with Gasteiger partial charge in [0, 0.05) is 0 Å². The molecule has 18 heavy (non-hydrogen) atoms. The highest BCUT2D eigenvalue weighted by Crippen LogP contribution is 2.26. The molecule has 0 aromatic heterocycles. The summed E-state index contributed by atoms with van der Waals surface area (Å²) >= 11 is 0. The Morgan fingerprint density at radius 3 is 2.33 bits per heavy atom. The first-order valence-corrected chi connectivity index (χ1v) is 5.40. The Labute approximate surface area is 107 Å². The van der Waals surface area contributed by atoms with Crippen LogP contribution in [0.2, 0.25) is 0 Å². The molecule has 0 saturated carbocycles. The van der Waals surface area contributed by atoms with Crippen molar-refractivity contribution in [1.82, 2.24) is 0 Å². The number of rotatable bonds is 3. The Balaban J connectivity index is 0.000000494. The van der Waals surface area contributed by atoms with Gasteiger partial charge in [0.2, 0.25) is 6.08 Å². The van der Waals surface area contributed by atoms with Crippen LogP contribution in [-0.4, -0.2) is 29.0 Å². The van der Waals surface area contributed by atoms with E-state index in [-0.39, 0.29) is 12.3 Å². The fourth-order valence-corrected chi connectivity index (χ4v) is 0.957. The van der Waals surface area contributed by atoms with Gasteiger partial charge in [-0.1, -0.05) is 6.07 Å². The van der Waals surface area contributed by atoms with E-state index in [9.17, 15) is 9.90 Å². The zero-order valence-electron chi connectivity index (χ0n) is 11.1. The molecule has 0 radical (unpaired) electrons. The average molecular weight is 253 g/mol. The van der Waals surface area contributed by atoms with Crippen molar-refractivity contribution in [2.75, 3.05) is 7.11 Å². The maximum Gasteiger partial charge on any atom is 0.235 e. The number of ether oxygens (including phenoxy) is 1. The van der Waals surface area contributed by atoms with Crippen LogP contribution < -0.4 is 4.74 Å². The first-order chi connectivity index (χ1) is 8.27. The number of aromatic hydroxyl groups is 1. The van der Waals surface area contributed by atoms with Crippen molar-refractivity contribution < 1.29 is 19.7 Å². The lowest BCUT2D eigenvalue weighted by Gasteiger charge is -2.04. The molecule has 1 rings (SSSR count). The number of benzene rings is 1. The summed E-state index contributed by atoms with van der Waals surface area (Å²) in [5.74, 6) is 0.444. The van der Waals surface area contributed by atoms with E-state index >= 15 is 0 Å². The standard InChI is InChI=1S/C9H9NO3.C4H10O/c1-13-9-3-2-7(4-8(9)12)5-10-6-11;1-4(2,3)5/h2-4,12H,5H2,1H3;5H,1-3H3. The van der Waals surface area contributed by atoms with E-state index < -0.39 is 5.60 Å². The highest BCUT2D eigenvalue weighted by molar-refractivity contribution is 5.42. The lowest BCUT2D eigenvalue weighted by molar-refractivity contribution is 0.102. The Kier molecular flexibility index (Phi) is 6.71. The van der Waals surface area contributed by atoms with Crippen LogP contribution in [-0.2, 0) is 11.3 Å². The highest BCUT2D eigenvalue weighted by atomic mass is 16.5. The quantitative estimate of drug-likeness (QED) is 0.638. The van der Waals surface area contributed by atoms with Crippen molar-refractivity contribution in [3.63, 3.8) is 0 Å². The maximum absolute atomic E-state index is 9.81. The van der Waals surface area contributed by atoms with E-state index in [4.69, 9.17) is 9.84 Å². The van der Waals surface area contributed by atoms with Gasteiger partial charge in [0.05, 0.1) is 19.3 Å². The van der Waals surface area contributed by atoms with Gasteiger partial charge in [-0.25, -0.2) is 9.79 Å². The maximum atomic E-state index is 9.81. The topological polar surface area (TPSA) is 79.1 Å². The third-order valence-electron chi connectivity index (χ3n) is 1.57.